The van der Waals surface area contributed by atoms with Crippen LogP contribution in [0.5, 0.6) is 0 Å². The monoisotopic (exact) mass is 286 g/mol. The Bertz CT molecular complexity index is 594. The number of aromatic nitrogens is 2. The number of nitrogens with two attached hydrogens (primary N) is 1. The maximum absolute atomic E-state index is 5.81. The number of fused-ring (bicyclic) bond motifs is 1. The van der Waals surface area contributed by atoms with E-state index < -0.39 is 0 Å². The molecule has 1 aromatic carbocycles. The van der Waals surface area contributed by atoms with Crippen LogP contribution < -0.4 is 5.73 Å². The Morgan fingerprint density at radius 3 is 2.62 bits per heavy atom. The van der Waals surface area contributed by atoms with Crippen LogP contribution >= 0.6 is 0 Å². The molecule has 1 aliphatic heterocycles. The van der Waals surface area contributed by atoms with Gasteiger partial charge in [-0.05, 0) is 50.6 Å². The molecule has 1 fully saturated rings. The summed E-state index contributed by atoms with van der Waals surface area (Å²) < 4.78 is 2.31. The minimum absolute atomic E-state index is 0.659. The van der Waals surface area contributed by atoms with Crippen molar-refractivity contribution in [3.8, 4) is 0 Å². The lowest BCUT2D eigenvalue weighted by molar-refractivity contribution is 0.266. The Morgan fingerprint density at radius 2 is 1.90 bits per heavy atom. The minimum Gasteiger partial charge on any atom is -0.329 e. The zero-order chi connectivity index (χ0) is 14.7. The van der Waals surface area contributed by atoms with E-state index in [4.69, 9.17) is 10.7 Å². The Balaban J connectivity index is 1.90. The number of hydrogen-bond acceptors (Lipinski definition) is 3. The molecule has 21 heavy (non-hydrogen) atoms. The molecule has 0 radical (unpaired) electrons. The van der Waals surface area contributed by atoms with Gasteiger partial charge in [-0.15, -0.1) is 0 Å². The van der Waals surface area contributed by atoms with E-state index in [0.717, 1.165) is 18.6 Å². The Labute approximate surface area is 126 Å². The highest BCUT2D eigenvalue weighted by Gasteiger charge is 2.15. The zero-order valence-corrected chi connectivity index (χ0v) is 13.0. The van der Waals surface area contributed by atoms with Crippen LogP contribution in [-0.2, 0) is 13.1 Å². The maximum Gasteiger partial charge on any atom is 0.124 e. The van der Waals surface area contributed by atoms with Crippen molar-refractivity contribution in [1.82, 2.24) is 14.5 Å². The first-order chi connectivity index (χ1) is 10.3. The van der Waals surface area contributed by atoms with E-state index in [0.29, 0.717) is 6.54 Å². The molecule has 2 N–H and O–H groups in total. The molecule has 114 valence electrons. The Morgan fingerprint density at radius 1 is 1.14 bits per heavy atom. The topological polar surface area (TPSA) is 47.1 Å². The predicted octanol–water partition coefficient (Wildman–Crippen LogP) is 2.68. The van der Waals surface area contributed by atoms with Crippen LogP contribution in [0.4, 0.5) is 0 Å². The van der Waals surface area contributed by atoms with Gasteiger partial charge in [0, 0.05) is 13.1 Å². The Kier molecular flexibility index (Phi) is 4.56. The molecule has 1 aromatic heterocycles. The van der Waals surface area contributed by atoms with Crippen LogP contribution in [0.3, 0.4) is 0 Å². The lowest BCUT2D eigenvalue weighted by Gasteiger charge is -2.20. The molecule has 0 aliphatic carbocycles. The lowest BCUT2D eigenvalue weighted by Crippen LogP contribution is -2.26. The number of nitrogens with zero attached hydrogens (tertiary/aromatic N) is 3. The van der Waals surface area contributed by atoms with Crippen LogP contribution in [0.15, 0.2) is 18.2 Å². The third-order valence-corrected chi connectivity index (χ3v) is 4.40. The van der Waals surface area contributed by atoms with Crippen LogP contribution in [0.1, 0.15) is 37.1 Å². The summed E-state index contributed by atoms with van der Waals surface area (Å²) >= 11 is 0. The quantitative estimate of drug-likeness (QED) is 0.940. The van der Waals surface area contributed by atoms with Gasteiger partial charge in [0.25, 0.3) is 0 Å². The van der Waals surface area contributed by atoms with Gasteiger partial charge in [0.2, 0.25) is 0 Å². The number of rotatable bonds is 4. The van der Waals surface area contributed by atoms with Crippen molar-refractivity contribution in [2.75, 3.05) is 19.6 Å². The molecule has 0 unspecified atom stereocenters. The van der Waals surface area contributed by atoms with Gasteiger partial charge < -0.3 is 10.3 Å². The van der Waals surface area contributed by atoms with Crippen molar-refractivity contribution >= 4 is 11.0 Å². The van der Waals surface area contributed by atoms with Crippen LogP contribution in [0.2, 0.25) is 0 Å². The van der Waals surface area contributed by atoms with Crippen LogP contribution in [-0.4, -0.2) is 34.1 Å². The molecular formula is C17H26N4. The summed E-state index contributed by atoms with van der Waals surface area (Å²) in [4.78, 5) is 7.43. The molecule has 4 heteroatoms. The summed E-state index contributed by atoms with van der Waals surface area (Å²) in [6.07, 6.45) is 5.37. The van der Waals surface area contributed by atoms with Crippen LogP contribution in [0.25, 0.3) is 11.0 Å². The van der Waals surface area contributed by atoms with E-state index >= 15 is 0 Å². The third kappa shape index (κ3) is 3.27. The SMILES string of the molecule is Cc1ccc2c(c1)nc(CN1CCCCCC1)n2CCN. The average Bonchev–Trinajstić information content (AvgIpc) is 2.65. The van der Waals surface area contributed by atoms with Gasteiger partial charge in [-0.3, -0.25) is 4.90 Å². The molecule has 3 rings (SSSR count). The molecule has 2 aromatic rings. The number of aryl methyl sites for hydroxylation is 1. The second kappa shape index (κ2) is 6.58. The van der Waals surface area contributed by atoms with Crippen molar-refractivity contribution in [3.63, 3.8) is 0 Å². The number of benzene rings is 1. The van der Waals surface area contributed by atoms with E-state index in [1.165, 1.54) is 55.7 Å². The van der Waals surface area contributed by atoms with E-state index in [-0.39, 0.29) is 0 Å². The highest BCUT2D eigenvalue weighted by molar-refractivity contribution is 5.76. The molecule has 1 aliphatic rings. The zero-order valence-electron chi connectivity index (χ0n) is 13.0. The first-order valence-corrected chi connectivity index (χ1v) is 8.16. The normalized spacial score (nSPS) is 17.2. The predicted molar refractivity (Wildman–Crippen MR) is 87.3 cm³/mol. The van der Waals surface area contributed by atoms with Gasteiger partial charge in [-0.1, -0.05) is 18.9 Å². The van der Waals surface area contributed by atoms with Crippen molar-refractivity contribution in [1.29, 1.82) is 0 Å². The fourth-order valence-corrected chi connectivity index (χ4v) is 3.28. The summed E-state index contributed by atoms with van der Waals surface area (Å²) in [5.41, 5.74) is 9.39. The highest BCUT2D eigenvalue weighted by atomic mass is 15.2. The fourth-order valence-electron chi connectivity index (χ4n) is 3.28. The number of likely N-dealkylation sites (tertiary alicyclic amines) is 1. The van der Waals surface area contributed by atoms with Gasteiger partial charge in [0.1, 0.15) is 5.82 Å². The molecule has 0 bridgehead atoms. The van der Waals surface area contributed by atoms with Crippen molar-refractivity contribution in [2.24, 2.45) is 5.73 Å². The second-order valence-electron chi connectivity index (χ2n) is 6.15. The standard InChI is InChI=1S/C17H26N4/c1-14-6-7-16-15(12-14)19-17(21(16)11-8-18)13-20-9-4-2-3-5-10-20/h6-7,12H,2-5,8-11,13,18H2,1H3. The average molecular weight is 286 g/mol. The summed E-state index contributed by atoms with van der Waals surface area (Å²) in [5, 5.41) is 0. The highest BCUT2D eigenvalue weighted by Crippen LogP contribution is 2.20. The van der Waals surface area contributed by atoms with E-state index in [9.17, 15) is 0 Å². The molecule has 0 amide bonds. The molecule has 2 heterocycles. The minimum atomic E-state index is 0.659. The lowest BCUT2D eigenvalue weighted by atomic mass is 10.2. The van der Waals surface area contributed by atoms with Gasteiger partial charge in [0.15, 0.2) is 0 Å². The molecule has 0 atom stereocenters. The Hall–Kier alpha value is -1.39. The molecule has 1 saturated heterocycles. The van der Waals surface area contributed by atoms with Crippen molar-refractivity contribution in [2.45, 2.75) is 45.7 Å². The van der Waals surface area contributed by atoms with Gasteiger partial charge in [0.05, 0.1) is 17.6 Å². The second-order valence-corrected chi connectivity index (χ2v) is 6.15. The molecule has 0 saturated carbocycles. The fraction of sp³-hybridized carbons (Fsp3) is 0.588. The van der Waals surface area contributed by atoms with Crippen LogP contribution in [0, 0.1) is 6.92 Å². The molecular weight excluding hydrogens is 260 g/mol. The van der Waals surface area contributed by atoms with Gasteiger partial charge in [-0.2, -0.15) is 0 Å². The summed E-state index contributed by atoms with van der Waals surface area (Å²) in [6, 6.07) is 6.51. The molecule has 0 spiro atoms. The summed E-state index contributed by atoms with van der Waals surface area (Å²) in [7, 11) is 0. The van der Waals surface area contributed by atoms with Crippen molar-refractivity contribution < 1.29 is 0 Å². The number of hydrogen-bond donors (Lipinski definition) is 1. The van der Waals surface area contributed by atoms with E-state index in [2.05, 4.69) is 34.6 Å². The number of imidazole rings is 1. The van der Waals surface area contributed by atoms with Gasteiger partial charge >= 0.3 is 0 Å². The maximum atomic E-state index is 5.81. The van der Waals surface area contributed by atoms with E-state index in [1.807, 2.05) is 0 Å². The van der Waals surface area contributed by atoms with E-state index in [1.54, 1.807) is 0 Å². The largest absolute Gasteiger partial charge is 0.329 e. The first kappa shape index (κ1) is 14.5. The third-order valence-electron chi connectivity index (χ3n) is 4.40. The smallest absolute Gasteiger partial charge is 0.124 e. The summed E-state index contributed by atoms with van der Waals surface area (Å²) in [6.45, 7) is 6.98. The summed E-state index contributed by atoms with van der Waals surface area (Å²) in [5.74, 6) is 1.17. The molecule has 4 nitrogen and oxygen atoms in total. The van der Waals surface area contributed by atoms with Gasteiger partial charge in [-0.25, -0.2) is 4.98 Å². The van der Waals surface area contributed by atoms with Crippen molar-refractivity contribution in [3.05, 3.63) is 29.6 Å². The first-order valence-electron chi connectivity index (χ1n) is 8.16.